The first-order chi connectivity index (χ1) is 7.33. The molecule has 15 heavy (non-hydrogen) atoms. The lowest BCUT2D eigenvalue weighted by Crippen LogP contribution is -2.26. The fraction of sp³-hybridized carbons (Fsp3) is 0.583. The van der Waals surface area contributed by atoms with Gasteiger partial charge in [-0.15, -0.1) is 0 Å². The number of anilines is 1. The van der Waals surface area contributed by atoms with Gasteiger partial charge in [0, 0.05) is 24.6 Å². The predicted octanol–water partition coefficient (Wildman–Crippen LogP) is 3.21. The Bertz CT molecular complexity index is 306. The molecule has 2 nitrogen and oxygen atoms in total. The van der Waals surface area contributed by atoms with E-state index in [1.165, 1.54) is 24.9 Å². The number of hydrogen-bond acceptors (Lipinski definition) is 2. The average molecular weight is 269 g/mol. The highest BCUT2D eigenvalue weighted by atomic mass is 79.9. The number of hydrogen-bond donors (Lipinski definition) is 0. The Morgan fingerprint density at radius 2 is 2.27 bits per heavy atom. The maximum atomic E-state index is 4.50. The summed E-state index contributed by atoms with van der Waals surface area (Å²) in [5.41, 5.74) is 1.24. The van der Waals surface area contributed by atoms with E-state index in [4.69, 9.17) is 0 Å². The van der Waals surface area contributed by atoms with Gasteiger partial charge in [-0.25, -0.2) is 4.98 Å². The normalized spacial score (nSPS) is 15.3. The van der Waals surface area contributed by atoms with Crippen molar-refractivity contribution in [1.82, 2.24) is 4.98 Å². The molecule has 1 aliphatic carbocycles. The van der Waals surface area contributed by atoms with E-state index >= 15 is 0 Å². The standard InChI is InChI=1S/C12H17BrN2/c1-2-15(9-10-3-4-10)12-6-5-11(7-13)8-14-12/h5-6,8,10H,2-4,7,9H2,1H3. The second-order valence-electron chi connectivity index (χ2n) is 4.14. The van der Waals surface area contributed by atoms with Crippen LogP contribution in [0.4, 0.5) is 5.82 Å². The van der Waals surface area contributed by atoms with Crippen LogP contribution in [0, 0.1) is 5.92 Å². The second kappa shape index (κ2) is 4.97. The molecule has 1 aromatic heterocycles. The average Bonchev–Trinajstić information content (AvgIpc) is 3.10. The smallest absolute Gasteiger partial charge is 0.128 e. The Labute approximate surface area is 99.8 Å². The first-order valence-electron chi connectivity index (χ1n) is 5.59. The molecule has 0 aromatic carbocycles. The van der Waals surface area contributed by atoms with Gasteiger partial charge >= 0.3 is 0 Å². The fourth-order valence-corrected chi connectivity index (χ4v) is 2.01. The monoisotopic (exact) mass is 268 g/mol. The van der Waals surface area contributed by atoms with Crippen molar-refractivity contribution >= 4 is 21.7 Å². The van der Waals surface area contributed by atoms with Crippen LogP contribution in [0.25, 0.3) is 0 Å². The van der Waals surface area contributed by atoms with Crippen LogP contribution in [0.2, 0.25) is 0 Å². The molecular formula is C12H17BrN2. The molecule has 0 N–H and O–H groups in total. The van der Waals surface area contributed by atoms with E-state index in [0.29, 0.717) is 0 Å². The predicted molar refractivity (Wildman–Crippen MR) is 67.5 cm³/mol. The summed E-state index contributed by atoms with van der Waals surface area (Å²) < 4.78 is 0. The highest BCUT2D eigenvalue weighted by Crippen LogP contribution is 2.30. The molecule has 0 spiro atoms. The molecule has 0 radical (unpaired) electrons. The number of rotatable bonds is 5. The van der Waals surface area contributed by atoms with Crippen molar-refractivity contribution in [3.05, 3.63) is 23.9 Å². The highest BCUT2D eigenvalue weighted by molar-refractivity contribution is 9.08. The van der Waals surface area contributed by atoms with Gasteiger partial charge in [0.1, 0.15) is 5.82 Å². The Morgan fingerprint density at radius 1 is 1.47 bits per heavy atom. The van der Waals surface area contributed by atoms with Crippen LogP contribution >= 0.6 is 15.9 Å². The van der Waals surface area contributed by atoms with Gasteiger partial charge < -0.3 is 4.90 Å². The first kappa shape index (κ1) is 10.9. The van der Waals surface area contributed by atoms with E-state index in [9.17, 15) is 0 Å². The summed E-state index contributed by atoms with van der Waals surface area (Å²) >= 11 is 3.43. The van der Waals surface area contributed by atoms with E-state index in [2.05, 4.69) is 44.9 Å². The molecule has 0 bridgehead atoms. The molecule has 0 aliphatic heterocycles. The third kappa shape index (κ3) is 2.94. The van der Waals surface area contributed by atoms with Crippen LogP contribution in [0.5, 0.6) is 0 Å². The van der Waals surface area contributed by atoms with Gasteiger partial charge in [-0.1, -0.05) is 22.0 Å². The lowest BCUT2D eigenvalue weighted by molar-refractivity contribution is 0.732. The van der Waals surface area contributed by atoms with Gasteiger partial charge in [-0.2, -0.15) is 0 Å². The van der Waals surface area contributed by atoms with Crippen LogP contribution in [0.3, 0.4) is 0 Å². The number of nitrogens with zero attached hydrogens (tertiary/aromatic N) is 2. The molecule has 82 valence electrons. The molecule has 1 aliphatic rings. The fourth-order valence-electron chi connectivity index (χ4n) is 1.68. The maximum Gasteiger partial charge on any atom is 0.128 e. The Morgan fingerprint density at radius 3 is 2.73 bits per heavy atom. The number of alkyl halides is 1. The van der Waals surface area contributed by atoms with E-state index < -0.39 is 0 Å². The zero-order valence-corrected chi connectivity index (χ0v) is 10.7. The third-order valence-electron chi connectivity index (χ3n) is 2.84. The van der Waals surface area contributed by atoms with Gasteiger partial charge in [0.15, 0.2) is 0 Å². The van der Waals surface area contributed by atoms with E-state index in [1.54, 1.807) is 0 Å². The minimum Gasteiger partial charge on any atom is -0.357 e. The molecule has 0 atom stereocenters. The van der Waals surface area contributed by atoms with Gasteiger partial charge in [-0.3, -0.25) is 0 Å². The van der Waals surface area contributed by atoms with Crippen LogP contribution in [0.1, 0.15) is 25.3 Å². The maximum absolute atomic E-state index is 4.50. The summed E-state index contributed by atoms with van der Waals surface area (Å²) in [5.74, 6) is 2.04. The van der Waals surface area contributed by atoms with Crippen LogP contribution in [-0.4, -0.2) is 18.1 Å². The zero-order valence-electron chi connectivity index (χ0n) is 9.12. The van der Waals surface area contributed by atoms with Crippen LogP contribution in [0.15, 0.2) is 18.3 Å². The molecule has 0 saturated heterocycles. The van der Waals surface area contributed by atoms with Crippen molar-refractivity contribution in [3.63, 3.8) is 0 Å². The van der Waals surface area contributed by atoms with Gasteiger partial charge in [-0.05, 0) is 37.3 Å². The van der Waals surface area contributed by atoms with Gasteiger partial charge in [0.25, 0.3) is 0 Å². The molecule has 2 rings (SSSR count). The molecular weight excluding hydrogens is 252 g/mol. The molecule has 3 heteroatoms. The molecule has 0 amide bonds. The summed E-state index contributed by atoms with van der Waals surface area (Å²) in [6.45, 7) is 4.43. The van der Waals surface area contributed by atoms with E-state index in [0.717, 1.165) is 23.6 Å². The summed E-state index contributed by atoms with van der Waals surface area (Å²) in [6.07, 6.45) is 4.76. The first-order valence-corrected chi connectivity index (χ1v) is 6.71. The van der Waals surface area contributed by atoms with Gasteiger partial charge in [0.2, 0.25) is 0 Å². The van der Waals surface area contributed by atoms with Crippen molar-refractivity contribution in [2.75, 3.05) is 18.0 Å². The summed E-state index contributed by atoms with van der Waals surface area (Å²) in [7, 11) is 0. The van der Waals surface area contributed by atoms with E-state index in [1.807, 2.05) is 6.20 Å². The minimum atomic E-state index is 0.884. The Hall–Kier alpha value is -0.570. The summed E-state index contributed by atoms with van der Waals surface area (Å²) in [5, 5.41) is 0.884. The number of pyridine rings is 1. The Balaban J connectivity index is 2.03. The van der Waals surface area contributed by atoms with E-state index in [-0.39, 0.29) is 0 Å². The van der Waals surface area contributed by atoms with Crippen LogP contribution in [-0.2, 0) is 5.33 Å². The summed E-state index contributed by atoms with van der Waals surface area (Å²) in [4.78, 5) is 6.87. The topological polar surface area (TPSA) is 16.1 Å². The highest BCUT2D eigenvalue weighted by Gasteiger charge is 2.24. The zero-order chi connectivity index (χ0) is 10.7. The Kier molecular flexibility index (Phi) is 3.62. The lowest BCUT2D eigenvalue weighted by Gasteiger charge is -2.21. The lowest BCUT2D eigenvalue weighted by atomic mass is 10.3. The van der Waals surface area contributed by atoms with Crippen molar-refractivity contribution in [2.24, 2.45) is 5.92 Å². The number of halogens is 1. The van der Waals surface area contributed by atoms with Crippen molar-refractivity contribution in [3.8, 4) is 0 Å². The largest absolute Gasteiger partial charge is 0.357 e. The van der Waals surface area contributed by atoms with Crippen molar-refractivity contribution < 1.29 is 0 Å². The quantitative estimate of drug-likeness (QED) is 0.763. The van der Waals surface area contributed by atoms with Crippen molar-refractivity contribution in [1.29, 1.82) is 0 Å². The minimum absolute atomic E-state index is 0.884. The molecule has 1 fully saturated rings. The van der Waals surface area contributed by atoms with Gasteiger partial charge in [0.05, 0.1) is 0 Å². The molecule has 1 saturated carbocycles. The van der Waals surface area contributed by atoms with Crippen LogP contribution < -0.4 is 4.90 Å². The summed E-state index contributed by atoms with van der Waals surface area (Å²) in [6, 6.07) is 4.27. The molecule has 0 unspecified atom stereocenters. The van der Waals surface area contributed by atoms with Crippen molar-refractivity contribution in [2.45, 2.75) is 25.1 Å². The second-order valence-corrected chi connectivity index (χ2v) is 4.70. The SMILES string of the molecule is CCN(CC1CC1)c1ccc(CBr)cn1. The molecule has 1 aromatic rings. The number of aromatic nitrogens is 1. The third-order valence-corrected chi connectivity index (χ3v) is 3.49. The molecule has 1 heterocycles.